The summed E-state index contributed by atoms with van der Waals surface area (Å²) in [5.41, 5.74) is -6.22. The van der Waals surface area contributed by atoms with Crippen LogP contribution >= 0.6 is 0 Å². The summed E-state index contributed by atoms with van der Waals surface area (Å²) < 4.78 is 118. The predicted molar refractivity (Wildman–Crippen MR) is 140 cm³/mol. The van der Waals surface area contributed by atoms with Crippen LogP contribution in [0.3, 0.4) is 0 Å². The van der Waals surface area contributed by atoms with Crippen molar-refractivity contribution >= 4 is 27.3 Å². The molecule has 1 heterocycles. The van der Waals surface area contributed by atoms with Gasteiger partial charge in [0.15, 0.2) is 9.84 Å². The Morgan fingerprint density at radius 1 is 0.930 bits per heavy atom. The summed E-state index contributed by atoms with van der Waals surface area (Å²) in [6, 6.07) is 9.17. The van der Waals surface area contributed by atoms with E-state index in [2.05, 4.69) is 5.32 Å². The molecule has 0 spiro atoms. The number of aliphatic hydroxyl groups is 1. The van der Waals surface area contributed by atoms with E-state index in [-0.39, 0.29) is 34.3 Å². The molecule has 0 saturated carbocycles. The summed E-state index contributed by atoms with van der Waals surface area (Å²) in [7, 11) is -3.53. The molecule has 3 aromatic carbocycles. The van der Waals surface area contributed by atoms with E-state index in [1.54, 1.807) is 0 Å². The van der Waals surface area contributed by atoms with Crippen LogP contribution in [0.1, 0.15) is 29.7 Å². The van der Waals surface area contributed by atoms with Crippen LogP contribution in [0.5, 0.6) is 0 Å². The molecular formula is C28H23F7N2O5S. The van der Waals surface area contributed by atoms with Crippen LogP contribution in [0.25, 0.3) is 11.1 Å². The number of hydrogen-bond donors (Lipinski definition) is 2. The highest BCUT2D eigenvalue weighted by Crippen LogP contribution is 2.50. The van der Waals surface area contributed by atoms with Crippen molar-refractivity contribution in [1.29, 1.82) is 0 Å². The van der Waals surface area contributed by atoms with Gasteiger partial charge < -0.3 is 15.3 Å². The molecule has 1 atom stereocenters. The Hall–Kier alpha value is -3.98. The molecule has 1 aliphatic heterocycles. The fraction of sp³-hybridized carbons (Fsp3) is 0.286. The standard InChI is InChI=1S/C28H23F7N2O5S/c1-15(38)37-12-11-17-13-20(43(2,41)42)8-10-22(17)24(37)25(39)36-19-6-3-16(4-7-19)21-9-5-18(14-23(21)29)26(40,27(30,31)32)28(33,34)35/h3-10,13-14,24,40H,11-12H2,1-2H3,(H,36,39)/t24-/m1/s1. The van der Waals surface area contributed by atoms with Gasteiger partial charge in [-0.25, -0.2) is 12.8 Å². The SMILES string of the molecule is CC(=O)N1CCc2cc(S(C)(=O)=O)ccc2[C@@H]1C(=O)Nc1ccc(-c2ccc(C(O)(C(F)(F)F)C(F)(F)F)cc2F)cc1. The third-order valence-corrected chi connectivity index (χ3v) is 8.20. The summed E-state index contributed by atoms with van der Waals surface area (Å²) in [4.78, 5) is 27.0. The first-order valence-electron chi connectivity index (χ1n) is 12.4. The lowest BCUT2D eigenvalue weighted by atomic mass is 9.90. The zero-order valence-corrected chi connectivity index (χ0v) is 23.2. The quantitative estimate of drug-likeness (QED) is 0.372. The third kappa shape index (κ3) is 5.95. The number of rotatable bonds is 5. The molecule has 7 nitrogen and oxygen atoms in total. The number of fused-ring (bicyclic) bond motifs is 1. The molecule has 15 heteroatoms. The number of benzene rings is 3. The van der Waals surface area contributed by atoms with Crippen molar-refractivity contribution in [3.8, 4) is 11.1 Å². The largest absolute Gasteiger partial charge is 0.430 e. The van der Waals surface area contributed by atoms with Crippen molar-refractivity contribution in [3.05, 3.63) is 83.2 Å². The number of hydrogen-bond acceptors (Lipinski definition) is 5. The lowest BCUT2D eigenvalue weighted by Crippen LogP contribution is -2.53. The molecular weight excluding hydrogens is 609 g/mol. The summed E-state index contributed by atoms with van der Waals surface area (Å²) in [5, 5.41) is 12.1. The second-order valence-electron chi connectivity index (χ2n) is 9.96. The van der Waals surface area contributed by atoms with Crippen LogP contribution in [-0.2, 0) is 31.4 Å². The summed E-state index contributed by atoms with van der Waals surface area (Å²) in [5.74, 6) is -2.52. The van der Waals surface area contributed by atoms with Gasteiger partial charge in [0.2, 0.25) is 5.91 Å². The first-order chi connectivity index (χ1) is 19.8. The van der Waals surface area contributed by atoms with Crippen LogP contribution in [0.2, 0.25) is 0 Å². The highest BCUT2D eigenvalue weighted by Gasteiger charge is 2.71. The minimum Gasteiger partial charge on any atom is -0.369 e. The zero-order valence-electron chi connectivity index (χ0n) is 22.3. The average Bonchev–Trinajstić information content (AvgIpc) is 2.90. The van der Waals surface area contributed by atoms with Gasteiger partial charge in [-0.15, -0.1) is 0 Å². The van der Waals surface area contributed by atoms with E-state index in [0.29, 0.717) is 29.7 Å². The van der Waals surface area contributed by atoms with Crippen molar-refractivity contribution in [1.82, 2.24) is 4.90 Å². The van der Waals surface area contributed by atoms with Gasteiger partial charge >= 0.3 is 12.4 Å². The first-order valence-corrected chi connectivity index (χ1v) is 14.3. The van der Waals surface area contributed by atoms with E-state index >= 15 is 0 Å². The van der Waals surface area contributed by atoms with Gasteiger partial charge in [-0.2, -0.15) is 26.3 Å². The number of nitrogens with zero attached hydrogens (tertiary/aromatic N) is 1. The number of sulfone groups is 1. The average molecular weight is 633 g/mol. The maximum absolute atomic E-state index is 14.8. The van der Waals surface area contributed by atoms with Crippen molar-refractivity contribution in [2.24, 2.45) is 0 Å². The molecule has 0 saturated heterocycles. The molecule has 43 heavy (non-hydrogen) atoms. The topological polar surface area (TPSA) is 104 Å². The third-order valence-electron chi connectivity index (χ3n) is 7.09. The Kier molecular flexibility index (Phi) is 8.13. The van der Waals surface area contributed by atoms with E-state index < -0.39 is 57.0 Å². The van der Waals surface area contributed by atoms with Gasteiger partial charge in [-0.3, -0.25) is 9.59 Å². The molecule has 2 amide bonds. The van der Waals surface area contributed by atoms with Gasteiger partial charge in [-0.1, -0.05) is 30.3 Å². The smallest absolute Gasteiger partial charge is 0.369 e. The van der Waals surface area contributed by atoms with E-state index in [1.807, 2.05) is 0 Å². The summed E-state index contributed by atoms with van der Waals surface area (Å²) >= 11 is 0. The van der Waals surface area contributed by atoms with E-state index in [1.165, 1.54) is 54.3 Å². The minimum absolute atomic E-state index is 0.0336. The fourth-order valence-corrected chi connectivity index (χ4v) is 5.53. The number of halogens is 7. The van der Waals surface area contributed by atoms with Gasteiger partial charge in [-0.05, 0) is 53.4 Å². The number of amides is 2. The molecule has 0 fully saturated rings. The molecule has 0 bridgehead atoms. The molecule has 1 aliphatic rings. The Bertz CT molecular complexity index is 1670. The fourth-order valence-electron chi connectivity index (χ4n) is 4.86. The van der Waals surface area contributed by atoms with E-state index in [4.69, 9.17) is 0 Å². The van der Waals surface area contributed by atoms with Crippen LogP contribution in [-0.4, -0.2) is 55.4 Å². The number of nitrogens with one attached hydrogen (secondary N) is 1. The Labute approximate surface area is 240 Å². The zero-order chi connectivity index (χ0) is 32.1. The minimum atomic E-state index is -6.17. The molecule has 3 aromatic rings. The number of carbonyl (C=O) groups excluding carboxylic acids is 2. The summed E-state index contributed by atoms with van der Waals surface area (Å²) in [6.45, 7) is 1.41. The summed E-state index contributed by atoms with van der Waals surface area (Å²) in [6.07, 6.45) is -11.0. The van der Waals surface area contributed by atoms with Crippen LogP contribution < -0.4 is 5.32 Å². The van der Waals surface area contributed by atoms with Gasteiger partial charge in [0, 0.05) is 36.5 Å². The highest BCUT2D eigenvalue weighted by molar-refractivity contribution is 7.90. The second-order valence-corrected chi connectivity index (χ2v) is 12.0. The number of anilines is 1. The van der Waals surface area contributed by atoms with Gasteiger partial charge in [0.05, 0.1) is 4.90 Å². The van der Waals surface area contributed by atoms with E-state index in [9.17, 15) is 53.8 Å². The van der Waals surface area contributed by atoms with E-state index in [0.717, 1.165) is 6.26 Å². The van der Waals surface area contributed by atoms with Gasteiger partial charge in [0.1, 0.15) is 11.9 Å². The molecule has 0 unspecified atom stereocenters. The maximum Gasteiger partial charge on any atom is 0.430 e. The molecule has 0 aliphatic carbocycles. The predicted octanol–water partition coefficient (Wildman–Crippen LogP) is 5.29. The first kappa shape index (κ1) is 31.9. The Morgan fingerprint density at radius 2 is 1.53 bits per heavy atom. The normalized spacial score (nSPS) is 16.0. The molecule has 0 radical (unpaired) electrons. The Morgan fingerprint density at radius 3 is 2.05 bits per heavy atom. The van der Waals surface area contributed by atoms with Crippen LogP contribution in [0.4, 0.5) is 36.4 Å². The number of alkyl halides is 6. The van der Waals surface area contributed by atoms with Crippen molar-refractivity contribution in [3.63, 3.8) is 0 Å². The Balaban J connectivity index is 1.61. The maximum atomic E-state index is 14.8. The van der Waals surface area contributed by atoms with Gasteiger partial charge in [0.25, 0.3) is 11.5 Å². The lowest BCUT2D eigenvalue weighted by Gasteiger charge is -2.36. The lowest BCUT2D eigenvalue weighted by molar-refractivity contribution is -0.376. The van der Waals surface area contributed by atoms with Crippen LogP contribution in [0, 0.1) is 5.82 Å². The van der Waals surface area contributed by atoms with Crippen molar-refractivity contribution < 1.29 is 53.8 Å². The molecule has 230 valence electrons. The highest BCUT2D eigenvalue weighted by atomic mass is 32.2. The monoisotopic (exact) mass is 632 g/mol. The molecule has 4 rings (SSSR count). The van der Waals surface area contributed by atoms with Crippen LogP contribution in [0.15, 0.2) is 65.6 Å². The molecule has 0 aromatic heterocycles. The van der Waals surface area contributed by atoms with Crippen molar-refractivity contribution in [2.45, 2.75) is 42.2 Å². The van der Waals surface area contributed by atoms with Crippen molar-refractivity contribution in [2.75, 3.05) is 18.1 Å². The molecule has 2 N–H and O–H groups in total. The number of carbonyl (C=O) groups is 2. The second kappa shape index (κ2) is 10.9.